The molecule has 1 aromatic carbocycles. The van der Waals surface area contributed by atoms with Crippen molar-refractivity contribution in [2.24, 2.45) is 0 Å². The molecule has 28 heavy (non-hydrogen) atoms. The van der Waals surface area contributed by atoms with Gasteiger partial charge in [0.15, 0.2) is 0 Å². The first kappa shape index (κ1) is 21.5. The molecule has 1 amide bonds. The van der Waals surface area contributed by atoms with Crippen molar-refractivity contribution in [3.05, 3.63) is 36.3 Å². The van der Waals surface area contributed by atoms with Crippen LogP contribution in [0.5, 0.6) is 0 Å². The molecule has 0 spiro atoms. The predicted molar refractivity (Wildman–Crippen MR) is 110 cm³/mol. The van der Waals surface area contributed by atoms with Gasteiger partial charge >= 0.3 is 12.1 Å². The van der Waals surface area contributed by atoms with E-state index in [-0.39, 0.29) is 12.5 Å². The minimum Gasteiger partial charge on any atom is -0.465 e. The maximum atomic E-state index is 12.1. The fourth-order valence-corrected chi connectivity index (χ4v) is 2.66. The van der Waals surface area contributed by atoms with E-state index in [1.165, 1.54) is 0 Å². The smallest absolute Gasteiger partial charge is 0.408 e. The van der Waals surface area contributed by atoms with Crippen LogP contribution in [0.25, 0.3) is 11.3 Å². The Morgan fingerprint density at radius 2 is 1.89 bits per heavy atom. The highest BCUT2D eigenvalue weighted by atomic mass is 16.6. The van der Waals surface area contributed by atoms with Gasteiger partial charge in [0, 0.05) is 11.8 Å². The number of hydrogen-bond donors (Lipinski definition) is 1. The van der Waals surface area contributed by atoms with Gasteiger partial charge in [-0.25, -0.2) is 9.78 Å². The van der Waals surface area contributed by atoms with Crippen LogP contribution in [-0.2, 0) is 20.8 Å². The molecule has 0 aliphatic carbocycles. The number of nitrogens with one attached hydrogen (secondary N) is 1. The summed E-state index contributed by atoms with van der Waals surface area (Å²) in [7, 11) is 2.02. The third-order valence-electron chi connectivity index (χ3n) is 3.88. The van der Waals surface area contributed by atoms with Gasteiger partial charge in [0.25, 0.3) is 0 Å². The summed E-state index contributed by atoms with van der Waals surface area (Å²) in [5, 5.41) is 2.78. The zero-order valence-corrected chi connectivity index (χ0v) is 17.4. The second-order valence-corrected chi connectivity index (χ2v) is 7.65. The summed E-state index contributed by atoms with van der Waals surface area (Å²) in [4.78, 5) is 28.8. The van der Waals surface area contributed by atoms with Gasteiger partial charge in [0.05, 0.1) is 18.3 Å². The van der Waals surface area contributed by atoms with Gasteiger partial charge in [0.1, 0.15) is 25.8 Å². The van der Waals surface area contributed by atoms with Crippen LogP contribution < -0.4 is 10.8 Å². The number of amides is 1. The van der Waals surface area contributed by atoms with Crippen LogP contribution in [0.2, 0.25) is 0 Å². The molecule has 0 radical (unpaired) electrons. The molecule has 8 heteroatoms. The molecule has 0 aliphatic heterocycles. The van der Waals surface area contributed by atoms with Crippen molar-refractivity contribution in [3.63, 3.8) is 0 Å². The molecular weight excluding hydrogens is 357 g/mol. The lowest BCUT2D eigenvalue weighted by Crippen LogP contribution is -2.35. The average molecular weight is 385 g/mol. The summed E-state index contributed by atoms with van der Waals surface area (Å²) in [5.74, 6) is 0.190. The van der Waals surface area contributed by atoms with E-state index in [1.54, 1.807) is 45.4 Å². The minimum absolute atomic E-state index is 0.0162. The number of carbonyl (C=O) groups is 2. The molecule has 1 aromatic heterocycles. The lowest BCUT2D eigenvalue weighted by atomic mass is 9.95. The summed E-state index contributed by atoms with van der Waals surface area (Å²) in [6.45, 7) is 9.28. The van der Waals surface area contributed by atoms with E-state index >= 15 is 0 Å². The van der Waals surface area contributed by atoms with Crippen LogP contribution in [0.15, 0.2) is 30.5 Å². The molecular formula is C20H28BN3O4. The minimum atomic E-state index is -0.600. The summed E-state index contributed by atoms with van der Waals surface area (Å²) in [6.07, 6.45) is 1.26. The maximum absolute atomic E-state index is 12.1. The first-order chi connectivity index (χ1) is 13.1. The van der Waals surface area contributed by atoms with Crippen LogP contribution >= 0.6 is 0 Å². The number of carbonyl (C=O) groups excluding carboxylic acids is 2. The van der Waals surface area contributed by atoms with Crippen molar-refractivity contribution in [2.45, 2.75) is 52.8 Å². The first-order valence-corrected chi connectivity index (χ1v) is 9.38. The zero-order chi connectivity index (χ0) is 20.9. The lowest BCUT2D eigenvalue weighted by Gasteiger charge is -2.22. The largest absolute Gasteiger partial charge is 0.465 e. The molecule has 0 aliphatic rings. The summed E-state index contributed by atoms with van der Waals surface area (Å²) in [5.41, 5.74) is 2.20. The molecule has 2 aromatic rings. The quantitative estimate of drug-likeness (QED) is 0.607. The van der Waals surface area contributed by atoms with Gasteiger partial charge < -0.3 is 19.4 Å². The number of benzene rings is 1. The van der Waals surface area contributed by atoms with E-state index in [2.05, 4.69) is 10.3 Å². The van der Waals surface area contributed by atoms with E-state index in [9.17, 15) is 9.59 Å². The van der Waals surface area contributed by atoms with Crippen molar-refractivity contribution in [2.75, 3.05) is 6.61 Å². The molecule has 0 saturated heterocycles. The standard InChI is InChI=1S/C20H28BN3O4/c1-6-27-17(25)12-24-11-16(14-7-9-15(21)10-8-14)23-18(24)13(2)22-19(26)28-20(3,4)5/h7-11,13H,6,12,21H2,1-5H3,(H,22,26). The normalized spacial score (nSPS) is 12.3. The van der Waals surface area contributed by atoms with E-state index in [1.807, 2.05) is 32.1 Å². The molecule has 0 bridgehead atoms. The van der Waals surface area contributed by atoms with Crippen molar-refractivity contribution in [3.8, 4) is 11.3 Å². The van der Waals surface area contributed by atoms with Crippen LogP contribution in [0.3, 0.4) is 0 Å². The Labute approximate surface area is 166 Å². The van der Waals surface area contributed by atoms with E-state index in [0.29, 0.717) is 12.4 Å². The lowest BCUT2D eigenvalue weighted by molar-refractivity contribution is -0.143. The molecule has 1 atom stereocenters. The van der Waals surface area contributed by atoms with Crippen molar-refractivity contribution < 1.29 is 19.1 Å². The molecule has 0 saturated carbocycles. The zero-order valence-electron chi connectivity index (χ0n) is 17.4. The first-order valence-electron chi connectivity index (χ1n) is 9.38. The SMILES string of the molecule is Bc1ccc(-c2cn(CC(=O)OCC)c(C(C)NC(=O)OC(C)(C)C)n2)cc1. The fourth-order valence-electron chi connectivity index (χ4n) is 2.66. The van der Waals surface area contributed by atoms with Gasteiger partial charge in [-0.15, -0.1) is 0 Å². The number of esters is 1. The average Bonchev–Trinajstić information content (AvgIpc) is 2.97. The Bertz CT molecular complexity index is 825. The molecule has 1 N–H and O–H groups in total. The maximum Gasteiger partial charge on any atom is 0.408 e. The second kappa shape index (κ2) is 8.95. The molecule has 150 valence electrons. The Morgan fingerprint density at radius 1 is 1.25 bits per heavy atom. The van der Waals surface area contributed by atoms with Crippen LogP contribution in [-0.4, -0.2) is 41.7 Å². The molecule has 1 heterocycles. The highest BCUT2D eigenvalue weighted by molar-refractivity contribution is 6.32. The topological polar surface area (TPSA) is 82.5 Å². The molecule has 2 rings (SSSR count). The number of rotatable bonds is 6. The Morgan fingerprint density at radius 3 is 2.46 bits per heavy atom. The van der Waals surface area contributed by atoms with Gasteiger partial charge in [-0.2, -0.15) is 0 Å². The number of nitrogens with zero attached hydrogens (tertiary/aromatic N) is 2. The Balaban J connectivity index is 2.29. The number of ether oxygens (including phenoxy) is 2. The summed E-state index contributed by atoms with van der Waals surface area (Å²) < 4.78 is 12.1. The van der Waals surface area contributed by atoms with Crippen LogP contribution in [0, 0.1) is 0 Å². The Hall–Kier alpha value is -2.77. The van der Waals surface area contributed by atoms with Gasteiger partial charge in [-0.3, -0.25) is 4.79 Å². The number of alkyl carbamates (subject to hydrolysis) is 1. The Kier molecular flexibility index (Phi) is 6.88. The second-order valence-electron chi connectivity index (χ2n) is 7.65. The van der Waals surface area contributed by atoms with Crippen molar-refractivity contribution >= 4 is 25.4 Å². The molecule has 1 unspecified atom stereocenters. The molecule has 0 fully saturated rings. The highest BCUT2D eigenvalue weighted by Gasteiger charge is 2.22. The highest BCUT2D eigenvalue weighted by Crippen LogP contribution is 2.22. The third-order valence-corrected chi connectivity index (χ3v) is 3.88. The van der Waals surface area contributed by atoms with Gasteiger partial charge in [-0.05, 0) is 34.6 Å². The van der Waals surface area contributed by atoms with Gasteiger partial charge in [-0.1, -0.05) is 29.7 Å². The molecule has 7 nitrogen and oxygen atoms in total. The summed E-state index contributed by atoms with van der Waals surface area (Å²) in [6, 6.07) is 7.50. The predicted octanol–water partition coefficient (Wildman–Crippen LogP) is 1.96. The van der Waals surface area contributed by atoms with E-state index < -0.39 is 17.7 Å². The van der Waals surface area contributed by atoms with Crippen LogP contribution in [0.1, 0.15) is 46.5 Å². The number of imidazole rings is 1. The number of hydrogen-bond acceptors (Lipinski definition) is 5. The van der Waals surface area contributed by atoms with E-state index in [4.69, 9.17) is 9.47 Å². The third kappa shape index (κ3) is 6.15. The van der Waals surface area contributed by atoms with Crippen LogP contribution in [0.4, 0.5) is 4.79 Å². The monoisotopic (exact) mass is 385 g/mol. The van der Waals surface area contributed by atoms with E-state index in [0.717, 1.165) is 16.7 Å². The van der Waals surface area contributed by atoms with Gasteiger partial charge in [0.2, 0.25) is 0 Å². The van der Waals surface area contributed by atoms with Crippen molar-refractivity contribution in [1.82, 2.24) is 14.9 Å². The van der Waals surface area contributed by atoms with Crippen molar-refractivity contribution in [1.29, 1.82) is 0 Å². The number of aromatic nitrogens is 2. The fraction of sp³-hybridized carbons (Fsp3) is 0.450. The summed E-state index contributed by atoms with van der Waals surface area (Å²) >= 11 is 0.